The van der Waals surface area contributed by atoms with Gasteiger partial charge >= 0.3 is 0 Å². The summed E-state index contributed by atoms with van der Waals surface area (Å²) >= 11 is 1.95. The van der Waals surface area contributed by atoms with Crippen LogP contribution < -0.4 is 5.32 Å². The summed E-state index contributed by atoms with van der Waals surface area (Å²) in [6.45, 7) is 8.32. The van der Waals surface area contributed by atoms with Crippen LogP contribution in [0.2, 0.25) is 0 Å². The first-order valence-corrected chi connectivity index (χ1v) is 16.2. The number of nitrogens with zero attached hydrogens (tertiary/aromatic N) is 1. The van der Waals surface area contributed by atoms with E-state index in [1.54, 1.807) is 0 Å². The molecule has 7 atom stereocenters. The van der Waals surface area contributed by atoms with Crippen molar-refractivity contribution in [1.29, 1.82) is 0 Å². The molecule has 5 nitrogen and oxygen atoms in total. The molecule has 5 rings (SSSR count). The van der Waals surface area contributed by atoms with Crippen molar-refractivity contribution < 1.29 is 38.9 Å². The molecule has 2 unspecified atom stereocenters. The maximum atomic E-state index is 11.7. The molecule has 2 saturated heterocycles. The van der Waals surface area contributed by atoms with Crippen molar-refractivity contribution in [2.45, 2.75) is 110 Å². The topological polar surface area (TPSA) is 72.7 Å². The maximum Gasteiger partial charge on any atom is 0.162 e. The number of ketones is 1. The van der Waals surface area contributed by atoms with E-state index in [0.717, 1.165) is 56.5 Å². The number of carbonyl (C=O) groups excluding carboxylic acids is 1. The van der Waals surface area contributed by atoms with Gasteiger partial charge in [-0.25, -0.2) is 6.42 Å². The summed E-state index contributed by atoms with van der Waals surface area (Å²) in [6, 6.07) is -0.454. The zero-order valence-electron chi connectivity index (χ0n) is 27.7. The fourth-order valence-corrected chi connectivity index (χ4v) is 7.94. The van der Waals surface area contributed by atoms with Crippen LogP contribution >= 0.6 is 11.8 Å². The predicted octanol–water partition coefficient (Wildman–Crippen LogP) is 8.02. The molecule has 2 fully saturated rings. The van der Waals surface area contributed by atoms with E-state index in [2.05, 4.69) is 30.8 Å². The first-order valence-electron chi connectivity index (χ1n) is 16.7. The molecule has 0 amide bonds. The van der Waals surface area contributed by atoms with Gasteiger partial charge in [0.1, 0.15) is 6.23 Å². The summed E-state index contributed by atoms with van der Waals surface area (Å²) < 4.78 is 29.4. The van der Waals surface area contributed by atoms with Crippen LogP contribution in [0.4, 0.5) is 0 Å². The molecule has 4 heterocycles. The Balaban J connectivity index is 0.000000274. The van der Waals surface area contributed by atoms with Crippen molar-refractivity contribution in [1.82, 2.24) is 5.32 Å². The molecule has 7 heteroatoms. The van der Waals surface area contributed by atoms with Gasteiger partial charge in [-0.15, -0.1) is 12.5 Å². The van der Waals surface area contributed by atoms with Crippen molar-refractivity contribution in [2.75, 3.05) is 5.75 Å². The van der Waals surface area contributed by atoms with Crippen molar-refractivity contribution in [3.05, 3.63) is 58.7 Å². The van der Waals surface area contributed by atoms with Crippen LogP contribution in [-0.2, 0) is 29.6 Å². The molecular weight excluding hydrogens is 697 g/mol. The molecule has 0 aromatic carbocycles. The van der Waals surface area contributed by atoms with Crippen LogP contribution in [0, 0.1) is 36.0 Å². The second kappa shape index (κ2) is 15.5. The maximum absolute atomic E-state index is 11.7. The van der Waals surface area contributed by atoms with Crippen LogP contribution in [-0.4, -0.2) is 40.3 Å². The number of nitrogens with one attached hydrogen (secondary N) is 1. The summed E-state index contributed by atoms with van der Waals surface area (Å²) in [5.74, 6) is 3.97. The van der Waals surface area contributed by atoms with Crippen molar-refractivity contribution in [3.63, 3.8) is 0 Å². The minimum atomic E-state index is -2.04. The normalized spacial score (nSPS) is 34.1. The molecule has 227 valence electrons. The molecule has 0 spiro atoms. The SMILES string of the molecule is CCC(CC)C(=O)/C=C(\O)C(CC)CC.[2H]C([2H])([2H])[C@@H]1C=CC2[C@@H]3CC[CH-]C([C@H]4CC=C5C([N-]4)SC[C@@H]5C)=C3O[C@@H]2N1.[Ir]. The second-order valence-electron chi connectivity index (χ2n) is 11.5. The van der Waals surface area contributed by atoms with Gasteiger partial charge < -0.3 is 15.2 Å². The number of fused-ring (bicyclic) bond motifs is 4. The largest absolute Gasteiger partial charge is 0.643 e. The minimum Gasteiger partial charge on any atom is -0.643 e. The van der Waals surface area contributed by atoms with Gasteiger partial charge in [0.05, 0.1) is 5.76 Å². The van der Waals surface area contributed by atoms with Gasteiger partial charge in [-0.2, -0.15) is 17.3 Å². The Morgan fingerprint density at radius 1 is 1.25 bits per heavy atom. The quantitative estimate of drug-likeness (QED) is 0.114. The average molecular weight is 750 g/mol. The standard InChI is InChI=1S/C20H26N2OS.C13H24O2.Ir/c1-11-10-24-20-13(11)8-9-17(22-20)16-5-3-4-14-15-7-6-12(2)21-19(15)23-18(14)16;1-5-10(6-2)12(14)9-13(15)11(7-3)8-4;/h5-8,11-12,14-15,17,19-21H,3-4,9-10H2,1-2H3;9-11,14H,5-8H2,1-4H3;/q-2;;/b;12-9-;/t11-,12+,14-,15?,17+,19-,20?;;/m0../s1/i2D3;;. The molecule has 1 aliphatic carbocycles. The number of carbonyl (C=O) groups is 1. The molecule has 0 bridgehead atoms. The number of aliphatic hydroxyl groups excluding tert-OH is 1. The number of allylic oxidation sites excluding steroid dienone is 3. The zero-order chi connectivity index (χ0) is 30.6. The van der Waals surface area contributed by atoms with Crippen LogP contribution in [0.5, 0.6) is 0 Å². The van der Waals surface area contributed by atoms with Crippen molar-refractivity contribution in [3.8, 4) is 0 Å². The number of ether oxygens (including phenoxy) is 1. The predicted molar refractivity (Wildman–Crippen MR) is 163 cm³/mol. The molecular formula is C33H50IrN2O3S-2. The van der Waals surface area contributed by atoms with E-state index in [9.17, 15) is 9.90 Å². The smallest absolute Gasteiger partial charge is 0.162 e. The van der Waals surface area contributed by atoms with E-state index < -0.39 is 12.9 Å². The molecule has 0 aromatic heterocycles. The Bertz CT molecular complexity index is 1080. The van der Waals surface area contributed by atoms with Crippen LogP contribution in [0.25, 0.3) is 5.32 Å². The molecule has 0 saturated carbocycles. The zero-order valence-corrected chi connectivity index (χ0v) is 27.9. The van der Waals surface area contributed by atoms with E-state index in [1.807, 2.05) is 45.5 Å². The van der Waals surface area contributed by atoms with Gasteiger partial charge in [0.2, 0.25) is 0 Å². The van der Waals surface area contributed by atoms with Gasteiger partial charge in [0, 0.05) is 54.1 Å². The van der Waals surface area contributed by atoms with Crippen LogP contribution in [0.1, 0.15) is 90.5 Å². The van der Waals surface area contributed by atoms with E-state index in [4.69, 9.17) is 14.2 Å². The average Bonchev–Trinajstić information content (AvgIpc) is 3.53. The van der Waals surface area contributed by atoms with E-state index in [1.165, 1.54) is 17.2 Å². The summed E-state index contributed by atoms with van der Waals surface area (Å²) in [6.07, 6.45) is 16.3. The van der Waals surface area contributed by atoms with E-state index in [-0.39, 0.29) is 61.7 Å². The van der Waals surface area contributed by atoms with E-state index in [0.29, 0.717) is 17.2 Å². The Hall–Kier alpha value is -0.981. The minimum absolute atomic E-state index is 0. The fourth-order valence-electron chi connectivity index (χ4n) is 6.53. The number of aliphatic hydroxyl groups is 1. The third kappa shape index (κ3) is 7.50. The van der Waals surface area contributed by atoms with E-state index >= 15 is 0 Å². The Morgan fingerprint density at radius 2 is 1.98 bits per heavy atom. The van der Waals surface area contributed by atoms with Crippen LogP contribution in [0.15, 0.2) is 47.0 Å². The summed E-state index contributed by atoms with van der Waals surface area (Å²) in [5.41, 5.74) is 2.75. The fraction of sp³-hybridized carbons (Fsp3) is 0.697. The first-order chi connectivity index (χ1) is 20.0. The molecule has 2 N–H and O–H groups in total. The van der Waals surface area contributed by atoms with Gasteiger partial charge in [0.15, 0.2) is 5.78 Å². The molecule has 4 aliphatic heterocycles. The molecule has 0 aromatic rings. The summed E-state index contributed by atoms with van der Waals surface area (Å²) in [7, 11) is 0. The first kappa shape index (κ1) is 29.1. The van der Waals surface area contributed by atoms with Gasteiger partial charge in [0.25, 0.3) is 0 Å². The Kier molecular flexibility index (Phi) is 11.3. The number of thioether (sulfide) groups is 1. The Morgan fingerprint density at radius 3 is 2.65 bits per heavy atom. The van der Waals surface area contributed by atoms with Crippen LogP contribution in [0.3, 0.4) is 0 Å². The number of hydrogen-bond acceptors (Lipinski definition) is 5. The monoisotopic (exact) mass is 750 g/mol. The third-order valence-corrected chi connectivity index (χ3v) is 10.5. The number of rotatable bonds is 8. The summed E-state index contributed by atoms with van der Waals surface area (Å²) in [5, 5.41) is 18.4. The molecule has 5 aliphatic rings. The van der Waals surface area contributed by atoms with Crippen molar-refractivity contribution >= 4 is 17.5 Å². The summed E-state index contributed by atoms with van der Waals surface area (Å²) in [4.78, 5) is 11.7. The number of hydrogen-bond donors (Lipinski definition) is 2. The van der Waals surface area contributed by atoms with Gasteiger partial charge in [-0.05, 0) is 62.3 Å². The molecule has 40 heavy (non-hydrogen) atoms. The van der Waals surface area contributed by atoms with Crippen molar-refractivity contribution in [2.24, 2.45) is 29.6 Å². The third-order valence-electron chi connectivity index (χ3n) is 9.09. The second-order valence-corrected chi connectivity index (χ2v) is 12.7. The van der Waals surface area contributed by atoms with Gasteiger partial charge in [-0.1, -0.05) is 70.2 Å². The van der Waals surface area contributed by atoms with Gasteiger partial charge in [-0.3, -0.25) is 10.1 Å². The Labute approximate surface area is 265 Å². The molecule has 1 radical (unpaired) electrons.